The lowest BCUT2D eigenvalue weighted by molar-refractivity contribution is -0.385. The van der Waals surface area contributed by atoms with Gasteiger partial charge in [0.15, 0.2) is 0 Å². The fourth-order valence-corrected chi connectivity index (χ4v) is 2.01. The lowest BCUT2D eigenvalue weighted by atomic mass is 9.92. The van der Waals surface area contributed by atoms with Crippen molar-refractivity contribution in [1.29, 1.82) is 0 Å². The number of rotatable bonds is 7. The SMILES string of the molecule is CCCNC(C)C(C)c1ccc(OC)cc1[N+](=O)[O-]. The second-order valence-electron chi connectivity index (χ2n) is 4.71. The molecule has 1 N–H and O–H groups in total. The van der Waals surface area contributed by atoms with Gasteiger partial charge in [0.05, 0.1) is 18.1 Å². The van der Waals surface area contributed by atoms with E-state index in [1.54, 1.807) is 12.1 Å². The molecule has 1 aromatic rings. The van der Waals surface area contributed by atoms with Crippen LogP contribution < -0.4 is 10.1 Å². The highest BCUT2D eigenvalue weighted by molar-refractivity contribution is 5.48. The van der Waals surface area contributed by atoms with Crippen molar-refractivity contribution in [1.82, 2.24) is 5.32 Å². The summed E-state index contributed by atoms with van der Waals surface area (Å²) < 4.78 is 5.05. The fourth-order valence-electron chi connectivity index (χ4n) is 2.01. The summed E-state index contributed by atoms with van der Waals surface area (Å²) in [6, 6.07) is 5.22. The molecule has 106 valence electrons. The van der Waals surface area contributed by atoms with Crippen LogP contribution in [0.4, 0.5) is 5.69 Å². The highest BCUT2D eigenvalue weighted by Gasteiger charge is 2.23. The maximum Gasteiger partial charge on any atom is 0.276 e. The van der Waals surface area contributed by atoms with Gasteiger partial charge in [-0.05, 0) is 32.0 Å². The third-order valence-electron chi connectivity index (χ3n) is 3.39. The Morgan fingerprint density at radius 1 is 1.42 bits per heavy atom. The van der Waals surface area contributed by atoms with Crippen molar-refractivity contribution >= 4 is 5.69 Å². The Morgan fingerprint density at radius 3 is 2.63 bits per heavy atom. The fraction of sp³-hybridized carbons (Fsp3) is 0.571. The second kappa shape index (κ2) is 7.09. The zero-order chi connectivity index (χ0) is 14.4. The first-order valence-corrected chi connectivity index (χ1v) is 6.57. The average molecular weight is 266 g/mol. The molecule has 0 radical (unpaired) electrons. The zero-order valence-electron chi connectivity index (χ0n) is 12.0. The smallest absolute Gasteiger partial charge is 0.276 e. The highest BCUT2D eigenvalue weighted by Crippen LogP contribution is 2.31. The quantitative estimate of drug-likeness (QED) is 0.608. The van der Waals surface area contributed by atoms with Crippen molar-refractivity contribution in [2.75, 3.05) is 13.7 Å². The van der Waals surface area contributed by atoms with Gasteiger partial charge in [-0.1, -0.05) is 13.8 Å². The van der Waals surface area contributed by atoms with E-state index in [0.717, 1.165) is 18.5 Å². The van der Waals surface area contributed by atoms with Gasteiger partial charge in [-0.3, -0.25) is 10.1 Å². The molecule has 0 aliphatic heterocycles. The Bertz CT molecular complexity index is 435. The van der Waals surface area contributed by atoms with E-state index in [1.807, 2.05) is 13.8 Å². The van der Waals surface area contributed by atoms with E-state index in [0.29, 0.717) is 5.75 Å². The molecule has 0 fully saturated rings. The Morgan fingerprint density at radius 2 is 2.11 bits per heavy atom. The number of nitrogens with one attached hydrogen (secondary N) is 1. The van der Waals surface area contributed by atoms with Crippen LogP contribution in [0.15, 0.2) is 18.2 Å². The van der Waals surface area contributed by atoms with Gasteiger partial charge in [0, 0.05) is 17.5 Å². The molecule has 1 aromatic carbocycles. The van der Waals surface area contributed by atoms with E-state index in [2.05, 4.69) is 12.2 Å². The number of nitrogens with zero attached hydrogens (tertiary/aromatic N) is 1. The largest absolute Gasteiger partial charge is 0.497 e. The molecule has 2 unspecified atom stereocenters. The van der Waals surface area contributed by atoms with E-state index >= 15 is 0 Å². The molecular weight excluding hydrogens is 244 g/mol. The van der Waals surface area contributed by atoms with E-state index < -0.39 is 0 Å². The molecule has 0 spiro atoms. The minimum atomic E-state index is -0.346. The van der Waals surface area contributed by atoms with Crippen molar-refractivity contribution < 1.29 is 9.66 Å². The summed E-state index contributed by atoms with van der Waals surface area (Å²) in [4.78, 5) is 10.8. The summed E-state index contributed by atoms with van der Waals surface area (Å²) >= 11 is 0. The minimum Gasteiger partial charge on any atom is -0.497 e. The minimum absolute atomic E-state index is 0.0675. The molecule has 0 bridgehead atoms. The molecule has 0 aromatic heterocycles. The van der Waals surface area contributed by atoms with E-state index in [4.69, 9.17) is 4.74 Å². The van der Waals surface area contributed by atoms with Crippen LogP contribution in [0.1, 0.15) is 38.7 Å². The Hall–Kier alpha value is -1.62. The molecule has 19 heavy (non-hydrogen) atoms. The number of benzene rings is 1. The van der Waals surface area contributed by atoms with Crippen LogP contribution in [0.25, 0.3) is 0 Å². The van der Waals surface area contributed by atoms with Crippen LogP contribution in [0.2, 0.25) is 0 Å². The average Bonchev–Trinajstić information content (AvgIpc) is 2.43. The molecule has 0 heterocycles. The zero-order valence-corrected chi connectivity index (χ0v) is 12.0. The number of nitro benzene ring substituents is 1. The van der Waals surface area contributed by atoms with Crippen LogP contribution >= 0.6 is 0 Å². The summed E-state index contributed by atoms with van der Waals surface area (Å²) in [5, 5.41) is 14.5. The van der Waals surface area contributed by atoms with Gasteiger partial charge in [0.2, 0.25) is 0 Å². The second-order valence-corrected chi connectivity index (χ2v) is 4.71. The predicted molar refractivity (Wildman–Crippen MR) is 75.8 cm³/mol. The van der Waals surface area contributed by atoms with Gasteiger partial charge in [0.1, 0.15) is 5.75 Å². The summed E-state index contributed by atoms with van der Waals surface area (Å²) in [5.41, 5.74) is 0.860. The Balaban J connectivity index is 3.01. The molecule has 5 nitrogen and oxygen atoms in total. The first-order valence-electron chi connectivity index (χ1n) is 6.57. The summed E-state index contributed by atoms with van der Waals surface area (Å²) in [6.45, 7) is 7.06. The van der Waals surface area contributed by atoms with Crippen LogP contribution in [-0.2, 0) is 0 Å². The van der Waals surface area contributed by atoms with Gasteiger partial charge in [0.25, 0.3) is 5.69 Å². The summed E-state index contributed by atoms with van der Waals surface area (Å²) in [5.74, 6) is 0.578. The first-order chi connectivity index (χ1) is 9.01. The maximum absolute atomic E-state index is 11.2. The van der Waals surface area contributed by atoms with Gasteiger partial charge >= 0.3 is 0 Å². The molecule has 1 rings (SSSR count). The van der Waals surface area contributed by atoms with Crippen molar-refractivity contribution in [2.24, 2.45) is 0 Å². The third-order valence-corrected chi connectivity index (χ3v) is 3.39. The summed E-state index contributed by atoms with van der Waals surface area (Å²) in [6.07, 6.45) is 1.04. The number of ether oxygens (including phenoxy) is 1. The van der Waals surface area contributed by atoms with Crippen molar-refractivity contribution in [2.45, 2.75) is 39.2 Å². The van der Waals surface area contributed by atoms with Crippen LogP contribution in [0.5, 0.6) is 5.75 Å². The predicted octanol–water partition coefficient (Wildman–Crippen LogP) is 3.10. The van der Waals surface area contributed by atoms with Gasteiger partial charge in [-0.15, -0.1) is 0 Å². The van der Waals surface area contributed by atoms with Crippen molar-refractivity contribution in [3.05, 3.63) is 33.9 Å². The van der Waals surface area contributed by atoms with Crippen LogP contribution in [-0.4, -0.2) is 24.6 Å². The number of hydrogen-bond acceptors (Lipinski definition) is 4. The van der Waals surface area contributed by atoms with E-state index in [9.17, 15) is 10.1 Å². The van der Waals surface area contributed by atoms with E-state index in [1.165, 1.54) is 13.2 Å². The van der Waals surface area contributed by atoms with Crippen LogP contribution in [0.3, 0.4) is 0 Å². The number of methoxy groups -OCH3 is 1. The number of nitro groups is 1. The van der Waals surface area contributed by atoms with Crippen molar-refractivity contribution in [3.63, 3.8) is 0 Å². The Kier molecular flexibility index (Phi) is 5.76. The summed E-state index contributed by atoms with van der Waals surface area (Å²) in [7, 11) is 1.51. The molecule has 0 amide bonds. The lowest BCUT2D eigenvalue weighted by Gasteiger charge is -2.21. The standard InChI is InChI=1S/C14H22N2O3/c1-5-8-15-11(3)10(2)13-7-6-12(19-4)9-14(13)16(17)18/h6-7,9-11,15H,5,8H2,1-4H3. The Labute approximate surface area is 114 Å². The number of hydrogen-bond donors (Lipinski definition) is 1. The lowest BCUT2D eigenvalue weighted by Crippen LogP contribution is -2.31. The maximum atomic E-state index is 11.2. The normalized spacial score (nSPS) is 13.9. The monoisotopic (exact) mass is 266 g/mol. The van der Waals surface area contributed by atoms with Gasteiger partial charge < -0.3 is 10.1 Å². The molecule has 0 saturated carbocycles. The molecular formula is C14H22N2O3. The van der Waals surface area contributed by atoms with Gasteiger partial charge in [-0.25, -0.2) is 0 Å². The molecule has 2 atom stereocenters. The molecule has 0 saturated heterocycles. The van der Waals surface area contributed by atoms with Gasteiger partial charge in [-0.2, -0.15) is 0 Å². The highest BCUT2D eigenvalue weighted by atomic mass is 16.6. The van der Waals surface area contributed by atoms with Crippen LogP contribution in [0, 0.1) is 10.1 Å². The third kappa shape index (κ3) is 3.92. The molecule has 0 aliphatic rings. The topological polar surface area (TPSA) is 64.4 Å². The molecule has 5 heteroatoms. The first kappa shape index (κ1) is 15.4. The van der Waals surface area contributed by atoms with Crippen molar-refractivity contribution in [3.8, 4) is 5.75 Å². The van der Waals surface area contributed by atoms with E-state index in [-0.39, 0.29) is 22.6 Å². The molecule has 0 aliphatic carbocycles.